The summed E-state index contributed by atoms with van der Waals surface area (Å²) < 4.78 is 7.21. The van der Waals surface area contributed by atoms with Crippen LogP contribution in [0.4, 0.5) is 5.82 Å². The third-order valence-corrected chi connectivity index (χ3v) is 6.67. The summed E-state index contributed by atoms with van der Waals surface area (Å²) in [6.45, 7) is 6.36. The molecule has 0 fully saturated rings. The van der Waals surface area contributed by atoms with Crippen LogP contribution in [0.3, 0.4) is 0 Å². The maximum Gasteiger partial charge on any atom is 0.306 e. The summed E-state index contributed by atoms with van der Waals surface area (Å²) in [5, 5.41) is 11.2. The Bertz CT molecular complexity index is 1220. The molecule has 0 aliphatic carbocycles. The zero-order valence-corrected chi connectivity index (χ0v) is 19.2. The van der Waals surface area contributed by atoms with Crippen LogP contribution in [0, 0.1) is 6.92 Å². The number of H-pyrrole nitrogens is 1. The smallest absolute Gasteiger partial charge is 0.306 e. The molecule has 0 saturated heterocycles. The number of carbonyl (C=O) groups excluding carboxylic acids is 1. The van der Waals surface area contributed by atoms with E-state index in [0.29, 0.717) is 35.3 Å². The molecule has 3 aromatic heterocycles. The van der Waals surface area contributed by atoms with Gasteiger partial charge in [-0.15, -0.1) is 5.10 Å². The number of nitrogen functional groups attached to an aromatic ring is 1. The van der Waals surface area contributed by atoms with E-state index in [2.05, 4.69) is 34.6 Å². The Morgan fingerprint density at radius 2 is 2.06 bits per heavy atom. The largest absolute Gasteiger partial charge is 0.467 e. The molecule has 32 heavy (non-hydrogen) atoms. The van der Waals surface area contributed by atoms with Crippen molar-refractivity contribution in [1.82, 2.24) is 20.5 Å². The maximum atomic E-state index is 12.9. The van der Waals surface area contributed by atoms with Gasteiger partial charge in [-0.3, -0.25) is 9.89 Å². The molecule has 0 bridgehead atoms. The topological polar surface area (TPSA) is 114 Å². The Labute approximate surface area is 190 Å². The second-order valence-corrected chi connectivity index (χ2v) is 8.66. The number of amides is 1. The molecule has 0 radical (unpaired) electrons. The number of aromatic nitrogens is 4. The van der Waals surface area contributed by atoms with Crippen LogP contribution in [0.5, 0.6) is 0 Å². The number of furan rings is 1. The van der Waals surface area contributed by atoms with Crippen LogP contribution in [0.25, 0.3) is 16.7 Å². The maximum absolute atomic E-state index is 12.9. The number of aryl methyl sites for hydroxylation is 2. The highest BCUT2D eigenvalue weighted by Crippen LogP contribution is 2.28. The predicted molar refractivity (Wildman–Crippen MR) is 124 cm³/mol. The van der Waals surface area contributed by atoms with Crippen molar-refractivity contribution < 1.29 is 13.8 Å². The Kier molecular flexibility index (Phi) is 6.45. The van der Waals surface area contributed by atoms with Gasteiger partial charge in [0, 0.05) is 5.69 Å². The van der Waals surface area contributed by atoms with Crippen molar-refractivity contribution >= 4 is 34.5 Å². The molecule has 4 N–H and O–H groups in total. The van der Waals surface area contributed by atoms with Gasteiger partial charge in [-0.2, -0.15) is 4.57 Å². The van der Waals surface area contributed by atoms with Crippen LogP contribution >= 0.6 is 11.8 Å². The minimum atomic E-state index is -0.351. The summed E-state index contributed by atoms with van der Waals surface area (Å²) in [6, 6.07) is 11.8. The monoisotopic (exact) mass is 451 g/mol. The standard InChI is InChI=1S/C23H26N6O2S/c1-4-15-8-10-16(11-9-15)29-20(24)19-14(3)27-28-21(19)26-23(29)32-18(5-2)22(30)25-13-17-7-6-12-31-17/h6-12,18H,4-5,13H2,1-3H3,(H3,24,25,27,28,30)/p+1. The molecule has 0 saturated carbocycles. The normalized spacial score (nSPS) is 12.2. The number of nitrogens with two attached hydrogens (primary N) is 1. The molecule has 3 heterocycles. The first-order valence-electron chi connectivity index (χ1n) is 10.6. The van der Waals surface area contributed by atoms with Crippen LogP contribution in [0.15, 0.2) is 52.2 Å². The van der Waals surface area contributed by atoms with Gasteiger partial charge in [0.25, 0.3) is 5.65 Å². The molecular formula is C23H27N6O2S+. The molecule has 1 aromatic carbocycles. The number of hydrogen-bond acceptors (Lipinski definition) is 6. The van der Waals surface area contributed by atoms with Gasteiger partial charge in [0.05, 0.1) is 18.1 Å². The first kappa shape index (κ1) is 21.9. The van der Waals surface area contributed by atoms with Crippen LogP contribution in [0.2, 0.25) is 0 Å². The van der Waals surface area contributed by atoms with Crippen LogP contribution in [-0.4, -0.2) is 26.3 Å². The number of benzene rings is 1. The summed E-state index contributed by atoms with van der Waals surface area (Å²) in [6.07, 6.45) is 3.17. The average molecular weight is 452 g/mol. The van der Waals surface area contributed by atoms with Gasteiger partial charge in [-0.05, 0) is 61.4 Å². The number of hydrogen-bond donors (Lipinski definition) is 3. The van der Waals surface area contributed by atoms with E-state index in [1.165, 1.54) is 17.3 Å². The first-order valence-corrected chi connectivity index (χ1v) is 11.5. The zero-order chi connectivity index (χ0) is 22.7. The van der Waals surface area contributed by atoms with Crippen molar-refractivity contribution in [2.24, 2.45) is 0 Å². The van der Waals surface area contributed by atoms with Crippen LogP contribution < -0.4 is 15.6 Å². The van der Waals surface area contributed by atoms with Gasteiger partial charge < -0.3 is 15.5 Å². The van der Waals surface area contributed by atoms with Crippen molar-refractivity contribution in [3.63, 3.8) is 0 Å². The van der Waals surface area contributed by atoms with Gasteiger partial charge in [0.2, 0.25) is 11.7 Å². The lowest BCUT2D eigenvalue weighted by Gasteiger charge is -2.15. The minimum absolute atomic E-state index is 0.0829. The summed E-state index contributed by atoms with van der Waals surface area (Å²) in [5.41, 5.74) is 10.1. The van der Waals surface area contributed by atoms with Crippen LogP contribution in [0.1, 0.15) is 37.3 Å². The van der Waals surface area contributed by atoms with E-state index in [9.17, 15) is 4.79 Å². The molecule has 0 aliphatic heterocycles. The Balaban J connectivity index is 1.70. The van der Waals surface area contributed by atoms with Crippen LogP contribution in [-0.2, 0) is 17.8 Å². The minimum Gasteiger partial charge on any atom is -0.467 e. The third kappa shape index (κ3) is 4.34. The number of anilines is 1. The van der Waals surface area contributed by atoms with Crippen molar-refractivity contribution in [1.29, 1.82) is 0 Å². The second kappa shape index (κ2) is 9.44. The summed E-state index contributed by atoms with van der Waals surface area (Å²) >= 11 is 1.38. The van der Waals surface area contributed by atoms with Gasteiger partial charge in [-0.1, -0.05) is 31.0 Å². The fourth-order valence-electron chi connectivity index (χ4n) is 3.52. The molecule has 1 atom stereocenters. The molecular weight excluding hydrogens is 424 g/mol. The lowest BCUT2D eigenvalue weighted by molar-refractivity contribution is -0.624. The Morgan fingerprint density at radius 1 is 1.28 bits per heavy atom. The third-order valence-electron chi connectivity index (χ3n) is 5.35. The zero-order valence-electron chi connectivity index (χ0n) is 18.4. The summed E-state index contributed by atoms with van der Waals surface area (Å²) in [7, 11) is 0. The number of carbonyl (C=O) groups is 1. The van der Waals surface area contributed by atoms with E-state index in [1.807, 2.05) is 36.6 Å². The van der Waals surface area contributed by atoms with Crippen molar-refractivity contribution in [2.75, 3.05) is 5.73 Å². The quantitative estimate of drug-likeness (QED) is 0.215. The highest BCUT2D eigenvalue weighted by Gasteiger charge is 2.29. The van der Waals surface area contributed by atoms with E-state index in [4.69, 9.17) is 15.1 Å². The fourth-order valence-corrected chi connectivity index (χ4v) is 4.58. The molecule has 4 aromatic rings. The molecule has 1 amide bonds. The number of rotatable bonds is 8. The first-order chi connectivity index (χ1) is 15.5. The van der Waals surface area contributed by atoms with E-state index >= 15 is 0 Å². The fraction of sp³-hybridized carbons (Fsp3) is 0.304. The predicted octanol–water partition coefficient (Wildman–Crippen LogP) is 3.47. The lowest BCUT2D eigenvalue weighted by Crippen LogP contribution is -2.40. The molecule has 0 aliphatic rings. The molecule has 0 spiro atoms. The highest BCUT2D eigenvalue weighted by molar-refractivity contribution is 8.00. The van der Waals surface area contributed by atoms with Gasteiger partial charge >= 0.3 is 5.16 Å². The lowest BCUT2D eigenvalue weighted by atomic mass is 10.1. The second-order valence-electron chi connectivity index (χ2n) is 7.49. The van der Waals surface area contributed by atoms with Gasteiger partial charge in [0.15, 0.2) is 0 Å². The van der Waals surface area contributed by atoms with Crippen molar-refractivity contribution in [2.45, 2.75) is 50.6 Å². The van der Waals surface area contributed by atoms with Gasteiger partial charge in [-0.25, -0.2) is 0 Å². The number of aromatic amines is 1. The van der Waals surface area contributed by atoms with E-state index in [1.54, 1.807) is 12.3 Å². The number of nitrogens with zero attached hydrogens (tertiary/aromatic N) is 3. The molecule has 4 rings (SSSR count). The summed E-state index contributed by atoms with van der Waals surface area (Å²) in [4.78, 5) is 17.7. The highest BCUT2D eigenvalue weighted by atomic mass is 32.2. The number of nitrogens with one attached hydrogen (secondary N) is 2. The van der Waals surface area contributed by atoms with E-state index < -0.39 is 0 Å². The SMILES string of the molecule is CCc1ccc(-[n+]2c(SC(CC)C(=O)NCc3ccco3)nc3n[nH]c(C)c3c2N)cc1. The summed E-state index contributed by atoms with van der Waals surface area (Å²) in [5.74, 6) is 1.17. The van der Waals surface area contributed by atoms with E-state index in [0.717, 1.165) is 23.2 Å². The van der Waals surface area contributed by atoms with Gasteiger partial charge in [0.1, 0.15) is 16.8 Å². The van der Waals surface area contributed by atoms with Crippen molar-refractivity contribution in [3.8, 4) is 5.69 Å². The Morgan fingerprint density at radius 3 is 2.72 bits per heavy atom. The molecule has 166 valence electrons. The Hall–Kier alpha value is -3.33. The number of fused-ring (bicyclic) bond motifs is 1. The van der Waals surface area contributed by atoms with E-state index in [-0.39, 0.29) is 11.2 Å². The average Bonchev–Trinajstić information content (AvgIpc) is 3.46. The number of thioether (sulfide) groups is 1. The molecule has 9 heteroatoms. The van der Waals surface area contributed by atoms with Crippen molar-refractivity contribution in [3.05, 3.63) is 59.7 Å². The molecule has 1 unspecified atom stereocenters. The molecule has 8 nitrogen and oxygen atoms in total.